The molecule has 0 bridgehead atoms. The fourth-order valence-corrected chi connectivity index (χ4v) is 4.14. The molecule has 2 unspecified atom stereocenters. The van der Waals surface area contributed by atoms with Crippen LogP contribution in [0.3, 0.4) is 0 Å². The van der Waals surface area contributed by atoms with E-state index in [-0.39, 0.29) is 5.56 Å². The topological polar surface area (TPSA) is 57.0 Å². The maximum absolute atomic E-state index is 12.0. The molecule has 138 valence electrons. The zero-order valence-electron chi connectivity index (χ0n) is 15.6. The van der Waals surface area contributed by atoms with Gasteiger partial charge in [-0.15, -0.1) is 0 Å². The Labute approximate surface area is 158 Å². The average molecular weight is 361 g/mol. The minimum Gasteiger partial charge on any atom is -0.477 e. The first kappa shape index (κ1) is 16.5. The third-order valence-corrected chi connectivity index (χ3v) is 5.99. The molecule has 0 radical (unpaired) electrons. The predicted octanol–water partition coefficient (Wildman–Crippen LogP) is 3.30. The molecule has 27 heavy (non-hydrogen) atoms. The van der Waals surface area contributed by atoms with Crippen molar-refractivity contribution >= 4 is 0 Å². The molecule has 2 saturated carbocycles. The van der Waals surface area contributed by atoms with Gasteiger partial charge in [0.2, 0.25) is 5.88 Å². The van der Waals surface area contributed by atoms with E-state index in [4.69, 9.17) is 4.74 Å². The van der Waals surface area contributed by atoms with Crippen LogP contribution in [0.15, 0.2) is 53.1 Å². The number of rotatable bonds is 5. The highest BCUT2D eigenvalue weighted by molar-refractivity contribution is 5.67. The number of fused-ring (bicyclic) bond motifs is 1. The Morgan fingerprint density at radius 3 is 3.04 bits per heavy atom. The summed E-state index contributed by atoms with van der Waals surface area (Å²) in [5.74, 6) is 4.07. The van der Waals surface area contributed by atoms with E-state index in [1.54, 1.807) is 35.6 Å². The van der Waals surface area contributed by atoms with Crippen molar-refractivity contribution in [3.8, 4) is 17.0 Å². The molecule has 0 amide bonds. The smallest absolute Gasteiger partial charge is 0.250 e. The van der Waals surface area contributed by atoms with Gasteiger partial charge in [0.15, 0.2) is 0 Å². The lowest BCUT2D eigenvalue weighted by molar-refractivity contribution is 0.283. The summed E-state index contributed by atoms with van der Waals surface area (Å²) in [6.45, 7) is 2.52. The van der Waals surface area contributed by atoms with Crippen LogP contribution in [0.1, 0.15) is 18.7 Å². The van der Waals surface area contributed by atoms with E-state index in [0.717, 1.165) is 23.0 Å². The second kappa shape index (κ2) is 6.19. The minimum absolute atomic E-state index is 0.0578. The molecule has 0 saturated heterocycles. The fourth-order valence-electron chi connectivity index (χ4n) is 4.14. The monoisotopic (exact) mass is 361 g/mol. The molecule has 2 heterocycles. The van der Waals surface area contributed by atoms with Gasteiger partial charge in [-0.05, 0) is 49.1 Å². The SMILES string of the molecule is Cc1ncc(-c2ccn(C)c(=O)c2)c(OC[C@H]2C[C@@H]2C2=CC=CC3CC23)n1. The average Bonchev–Trinajstić information content (AvgIpc) is 3.56. The molecule has 5 nitrogen and oxygen atoms in total. The van der Waals surface area contributed by atoms with Crippen LogP contribution in [0.2, 0.25) is 0 Å². The summed E-state index contributed by atoms with van der Waals surface area (Å²) in [6.07, 6.45) is 12.9. The molecule has 5 heteroatoms. The Bertz CT molecular complexity index is 1020. The quantitative estimate of drug-likeness (QED) is 0.820. The zero-order chi connectivity index (χ0) is 18.5. The van der Waals surface area contributed by atoms with Crippen molar-refractivity contribution in [1.82, 2.24) is 14.5 Å². The van der Waals surface area contributed by atoms with Crippen LogP contribution >= 0.6 is 0 Å². The lowest BCUT2D eigenvalue weighted by Crippen LogP contribution is -2.14. The summed E-state index contributed by atoms with van der Waals surface area (Å²) in [5, 5.41) is 0. The van der Waals surface area contributed by atoms with Crippen molar-refractivity contribution in [2.45, 2.75) is 19.8 Å². The van der Waals surface area contributed by atoms with Gasteiger partial charge in [0.1, 0.15) is 5.82 Å². The highest BCUT2D eigenvalue weighted by atomic mass is 16.5. The number of pyridine rings is 1. The first-order valence-corrected chi connectivity index (χ1v) is 9.62. The van der Waals surface area contributed by atoms with Gasteiger partial charge in [-0.1, -0.05) is 23.8 Å². The van der Waals surface area contributed by atoms with Gasteiger partial charge >= 0.3 is 0 Å². The Balaban J connectivity index is 1.33. The molecule has 3 aliphatic rings. The highest BCUT2D eigenvalue weighted by Crippen LogP contribution is 2.57. The molecular weight excluding hydrogens is 338 g/mol. The van der Waals surface area contributed by atoms with E-state index in [9.17, 15) is 4.79 Å². The zero-order valence-corrected chi connectivity index (χ0v) is 15.6. The molecule has 3 aliphatic carbocycles. The van der Waals surface area contributed by atoms with Crippen LogP contribution in [0.4, 0.5) is 0 Å². The number of aryl methyl sites for hydroxylation is 2. The van der Waals surface area contributed by atoms with Crippen LogP contribution in [0.25, 0.3) is 11.1 Å². The molecule has 5 rings (SSSR count). The lowest BCUT2D eigenvalue weighted by atomic mass is 9.99. The molecule has 2 aromatic heterocycles. The van der Waals surface area contributed by atoms with Gasteiger partial charge in [0.05, 0.1) is 12.2 Å². The van der Waals surface area contributed by atoms with Crippen molar-refractivity contribution in [1.29, 1.82) is 0 Å². The van der Waals surface area contributed by atoms with Gasteiger partial charge < -0.3 is 9.30 Å². The number of hydrogen-bond donors (Lipinski definition) is 0. The number of ether oxygens (including phenoxy) is 1. The summed E-state index contributed by atoms with van der Waals surface area (Å²) in [6, 6.07) is 3.50. The molecular formula is C22H23N3O2. The lowest BCUT2D eigenvalue weighted by Gasteiger charge is -2.12. The Morgan fingerprint density at radius 2 is 2.19 bits per heavy atom. The second-order valence-corrected chi connectivity index (χ2v) is 7.97. The molecule has 0 aromatic carbocycles. The number of hydrogen-bond acceptors (Lipinski definition) is 4. The third-order valence-electron chi connectivity index (χ3n) is 5.99. The standard InChI is InChI=1S/C22H23N3O2/c1-13-23-11-20(15-6-7-25(2)21(26)10-15)22(24-13)27-12-16-9-19(16)17-5-3-4-14-8-18(14)17/h3-7,10-11,14,16,18-19H,8-9,12H2,1-2H3/t14?,16-,18?,19+/m1/s1. The van der Waals surface area contributed by atoms with Gasteiger partial charge in [-0.3, -0.25) is 4.79 Å². The van der Waals surface area contributed by atoms with Crippen molar-refractivity contribution in [2.24, 2.45) is 30.7 Å². The van der Waals surface area contributed by atoms with Gasteiger partial charge in [0, 0.05) is 31.4 Å². The summed E-state index contributed by atoms with van der Waals surface area (Å²) in [7, 11) is 1.74. The normalized spacial score (nSPS) is 27.7. The summed E-state index contributed by atoms with van der Waals surface area (Å²) in [5.41, 5.74) is 3.14. The van der Waals surface area contributed by atoms with E-state index in [2.05, 4.69) is 28.2 Å². The van der Waals surface area contributed by atoms with Crippen molar-refractivity contribution in [3.63, 3.8) is 0 Å². The number of allylic oxidation sites excluding steroid dienone is 4. The largest absolute Gasteiger partial charge is 0.477 e. The number of aromatic nitrogens is 3. The van der Waals surface area contributed by atoms with E-state index in [1.807, 2.05) is 13.0 Å². The van der Waals surface area contributed by atoms with Crippen molar-refractivity contribution in [3.05, 3.63) is 64.5 Å². The summed E-state index contributed by atoms with van der Waals surface area (Å²) in [4.78, 5) is 20.8. The molecule has 0 N–H and O–H groups in total. The van der Waals surface area contributed by atoms with Crippen molar-refractivity contribution < 1.29 is 4.74 Å². The van der Waals surface area contributed by atoms with Crippen LogP contribution in [0, 0.1) is 30.6 Å². The van der Waals surface area contributed by atoms with Gasteiger partial charge in [0.25, 0.3) is 5.56 Å². The van der Waals surface area contributed by atoms with E-state index in [0.29, 0.717) is 30.1 Å². The van der Waals surface area contributed by atoms with Gasteiger partial charge in [-0.2, -0.15) is 4.98 Å². The summed E-state index contributed by atoms with van der Waals surface area (Å²) >= 11 is 0. The Hall–Kier alpha value is -2.69. The van der Waals surface area contributed by atoms with Crippen LogP contribution in [0.5, 0.6) is 5.88 Å². The van der Waals surface area contributed by atoms with E-state index < -0.39 is 0 Å². The van der Waals surface area contributed by atoms with E-state index in [1.165, 1.54) is 12.8 Å². The molecule has 2 aromatic rings. The molecule has 2 fully saturated rings. The maximum Gasteiger partial charge on any atom is 0.250 e. The third kappa shape index (κ3) is 3.11. The highest BCUT2D eigenvalue weighted by Gasteiger charge is 2.49. The van der Waals surface area contributed by atoms with E-state index >= 15 is 0 Å². The Morgan fingerprint density at radius 1 is 1.30 bits per heavy atom. The molecule has 0 aliphatic heterocycles. The minimum atomic E-state index is -0.0578. The van der Waals surface area contributed by atoms with Crippen molar-refractivity contribution in [2.75, 3.05) is 6.61 Å². The number of nitrogens with zero attached hydrogens (tertiary/aromatic N) is 3. The summed E-state index contributed by atoms with van der Waals surface area (Å²) < 4.78 is 7.68. The Kier molecular flexibility index (Phi) is 3.78. The fraction of sp³-hybridized carbons (Fsp3) is 0.409. The second-order valence-electron chi connectivity index (χ2n) is 7.97. The van der Waals surface area contributed by atoms with Gasteiger partial charge in [-0.25, -0.2) is 4.98 Å². The first-order chi connectivity index (χ1) is 13.1. The van der Waals surface area contributed by atoms with Crippen LogP contribution < -0.4 is 10.3 Å². The first-order valence-electron chi connectivity index (χ1n) is 9.62. The molecule has 0 spiro atoms. The predicted molar refractivity (Wildman–Crippen MR) is 103 cm³/mol. The molecule has 4 atom stereocenters. The van der Waals surface area contributed by atoms with Crippen LogP contribution in [-0.2, 0) is 7.05 Å². The maximum atomic E-state index is 12.0. The van der Waals surface area contributed by atoms with Crippen LogP contribution in [-0.4, -0.2) is 21.1 Å².